The van der Waals surface area contributed by atoms with Gasteiger partial charge in [-0.25, -0.2) is 4.79 Å². The van der Waals surface area contributed by atoms with Crippen molar-refractivity contribution in [2.24, 2.45) is 0 Å². The van der Waals surface area contributed by atoms with Gasteiger partial charge in [0.1, 0.15) is 0 Å². The topological polar surface area (TPSA) is 108 Å². The van der Waals surface area contributed by atoms with Crippen LogP contribution in [-0.4, -0.2) is 60.0 Å². The fraction of sp³-hybridized carbons (Fsp3) is 0.343. The van der Waals surface area contributed by atoms with Gasteiger partial charge in [-0.05, 0) is 46.2 Å². The van der Waals surface area contributed by atoms with Crippen LogP contribution < -0.4 is 20.7 Å². The number of hydrogen-bond donors (Lipinski definition) is 3. The number of methoxy groups -OCH3 is 1. The summed E-state index contributed by atoms with van der Waals surface area (Å²) in [5.74, 6) is 0.251. The van der Waals surface area contributed by atoms with E-state index in [0.29, 0.717) is 29.2 Å². The number of aliphatic hydroxyl groups is 2. The highest BCUT2D eigenvalue weighted by Gasteiger charge is 2.22. The summed E-state index contributed by atoms with van der Waals surface area (Å²) in [5, 5.41) is 10.8. The van der Waals surface area contributed by atoms with E-state index in [0.717, 1.165) is 66.0 Å². The molecular formula is C35H42N5O4+. The number of carbonyl (C=O) groups excluding carboxylic acids is 2. The summed E-state index contributed by atoms with van der Waals surface area (Å²) in [6.07, 6.45) is 2.25. The fourth-order valence-electron chi connectivity index (χ4n) is 5.35. The molecule has 1 saturated heterocycles. The highest BCUT2D eigenvalue weighted by Crippen LogP contribution is 2.39. The number of urea groups is 1. The van der Waals surface area contributed by atoms with Crippen molar-refractivity contribution in [1.82, 2.24) is 9.88 Å². The van der Waals surface area contributed by atoms with Crippen LogP contribution in [-0.2, 0) is 16.8 Å². The summed E-state index contributed by atoms with van der Waals surface area (Å²) in [7, 11) is 1.52. The van der Waals surface area contributed by atoms with Crippen molar-refractivity contribution in [3.8, 4) is 16.9 Å². The Morgan fingerprint density at radius 3 is 2.23 bits per heavy atom. The molecule has 230 valence electrons. The molecule has 3 amide bonds. The van der Waals surface area contributed by atoms with E-state index in [4.69, 9.17) is 9.72 Å². The number of aromatic nitrogens is 1. The molecule has 0 saturated carbocycles. The van der Waals surface area contributed by atoms with Gasteiger partial charge in [0.25, 0.3) is 0 Å². The molecule has 4 N–H and O–H groups in total. The lowest BCUT2D eigenvalue weighted by Crippen LogP contribution is -2.37. The number of fused-ring (bicyclic) bond motifs is 1. The van der Waals surface area contributed by atoms with Crippen LogP contribution in [0.1, 0.15) is 45.4 Å². The molecule has 1 fully saturated rings. The van der Waals surface area contributed by atoms with Crippen molar-refractivity contribution in [1.29, 1.82) is 0 Å². The van der Waals surface area contributed by atoms with Gasteiger partial charge in [0, 0.05) is 30.1 Å². The molecule has 3 aromatic carbocycles. The van der Waals surface area contributed by atoms with Gasteiger partial charge >= 0.3 is 6.03 Å². The molecule has 2 heterocycles. The molecule has 1 aliphatic heterocycles. The van der Waals surface area contributed by atoms with Gasteiger partial charge in [-0.3, -0.25) is 14.7 Å². The highest BCUT2D eigenvalue weighted by molar-refractivity contribution is 6.10. The second-order valence-electron chi connectivity index (χ2n) is 12.0. The number of pyridine rings is 1. The van der Waals surface area contributed by atoms with E-state index in [9.17, 15) is 9.59 Å². The number of morpholine rings is 1. The van der Waals surface area contributed by atoms with Gasteiger partial charge in [-0.2, -0.15) is 0 Å². The molecule has 0 spiro atoms. The summed E-state index contributed by atoms with van der Waals surface area (Å²) in [5.41, 5.74) is 5.47. The fourth-order valence-corrected chi connectivity index (χ4v) is 5.35. The lowest BCUT2D eigenvalue weighted by molar-refractivity contribution is -0.115. The molecule has 44 heavy (non-hydrogen) atoms. The molecule has 1 aromatic heterocycles. The molecule has 0 bridgehead atoms. The Bertz CT molecular complexity index is 1640. The Balaban J connectivity index is 1.39. The Morgan fingerprint density at radius 2 is 1.59 bits per heavy atom. The number of carbonyl (C=O) groups is 2. The van der Waals surface area contributed by atoms with Crippen LogP contribution in [0.5, 0.6) is 5.75 Å². The quantitative estimate of drug-likeness (QED) is 0.200. The van der Waals surface area contributed by atoms with Gasteiger partial charge in [0.2, 0.25) is 5.91 Å². The Morgan fingerprint density at radius 1 is 0.909 bits per heavy atom. The zero-order valence-electron chi connectivity index (χ0n) is 26.2. The summed E-state index contributed by atoms with van der Waals surface area (Å²) in [6.45, 7) is 12.6. The maximum absolute atomic E-state index is 13.4. The van der Waals surface area contributed by atoms with E-state index in [1.807, 2.05) is 48.7 Å². The van der Waals surface area contributed by atoms with Crippen molar-refractivity contribution in [2.75, 3.05) is 49.4 Å². The third kappa shape index (κ3) is 7.18. The Kier molecular flexibility index (Phi) is 9.46. The lowest BCUT2D eigenvalue weighted by atomic mass is 9.86. The second kappa shape index (κ2) is 13.4. The lowest BCUT2D eigenvalue weighted by Gasteiger charge is -2.24. The minimum absolute atomic E-state index is 0.139. The predicted octanol–water partition coefficient (Wildman–Crippen LogP) is 6.54. The van der Waals surface area contributed by atoms with Crippen molar-refractivity contribution >= 4 is 39.8 Å². The van der Waals surface area contributed by atoms with E-state index in [-0.39, 0.29) is 11.3 Å². The number of hydrogen-bond acceptors (Lipinski definition) is 5. The van der Waals surface area contributed by atoms with Gasteiger partial charge in [-0.15, -0.1) is 0 Å². The SMILES string of the molecule is CCC(=O)Nc1cc(C(C)(C)C)cc(NC(=O)Nc2ccc(-c3ccc(CN4CC[OH+]CC4)nc3)c3ccccc23)c1OC. The maximum Gasteiger partial charge on any atom is 0.323 e. The summed E-state index contributed by atoms with van der Waals surface area (Å²) >= 11 is 0. The van der Waals surface area contributed by atoms with Gasteiger partial charge in [-0.1, -0.05) is 64.1 Å². The number of nitrogens with one attached hydrogen (secondary N) is 3. The molecule has 9 nitrogen and oxygen atoms in total. The first-order valence-electron chi connectivity index (χ1n) is 15.1. The van der Waals surface area contributed by atoms with Crippen molar-refractivity contribution in [3.63, 3.8) is 0 Å². The third-order valence-electron chi connectivity index (χ3n) is 7.84. The summed E-state index contributed by atoms with van der Waals surface area (Å²) < 4.78 is 10.1. The normalized spacial score (nSPS) is 13.8. The molecular weight excluding hydrogens is 554 g/mol. The van der Waals surface area contributed by atoms with Crippen molar-refractivity contribution in [3.05, 3.63) is 78.1 Å². The number of amides is 3. The number of rotatable bonds is 8. The van der Waals surface area contributed by atoms with E-state index in [1.54, 1.807) is 6.92 Å². The van der Waals surface area contributed by atoms with E-state index >= 15 is 0 Å². The van der Waals surface area contributed by atoms with Crippen LogP contribution >= 0.6 is 0 Å². The number of benzene rings is 3. The molecule has 1 aliphatic rings. The molecule has 9 heteroatoms. The summed E-state index contributed by atoms with van der Waals surface area (Å²) in [6, 6.07) is 19.5. The smallest absolute Gasteiger partial charge is 0.323 e. The molecule has 0 radical (unpaired) electrons. The summed E-state index contributed by atoms with van der Waals surface area (Å²) in [4.78, 5) is 32.8. The highest BCUT2D eigenvalue weighted by atomic mass is 16.5. The molecule has 5 rings (SSSR count). The average molecular weight is 597 g/mol. The first-order valence-corrected chi connectivity index (χ1v) is 15.1. The van der Waals surface area contributed by atoms with Crippen molar-refractivity contribution < 1.29 is 19.1 Å². The number of ether oxygens (including phenoxy) is 2. The van der Waals surface area contributed by atoms with Crippen LogP contribution in [0.25, 0.3) is 21.9 Å². The second-order valence-corrected chi connectivity index (χ2v) is 12.0. The number of anilines is 3. The standard InChI is InChI=1S/C35H41N5O4/c1-6-32(41)37-30-19-24(35(2,3)4)20-31(33(30)43-5)39-34(42)38-29-14-13-26(27-9-7-8-10-28(27)29)23-11-12-25(36-21-23)22-40-15-17-44-18-16-40/h7-14,19-21H,6,15-18,22H2,1-5H3,(H,37,41)(H2,38,39,42)/p+1. The third-order valence-corrected chi connectivity index (χ3v) is 7.84. The minimum Gasteiger partial charge on any atom is -0.492 e. The van der Waals surface area contributed by atoms with Crippen LogP contribution in [0.15, 0.2) is 66.9 Å². The largest absolute Gasteiger partial charge is 0.492 e. The maximum atomic E-state index is 13.4. The minimum atomic E-state index is -0.420. The van der Waals surface area contributed by atoms with E-state index < -0.39 is 6.03 Å². The van der Waals surface area contributed by atoms with Crippen LogP contribution in [0.2, 0.25) is 0 Å². The van der Waals surface area contributed by atoms with Crippen LogP contribution in [0, 0.1) is 0 Å². The molecule has 0 aliphatic carbocycles. The first kappa shape index (κ1) is 31.0. The van der Waals surface area contributed by atoms with Gasteiger partial charge in [0.15, 0.2) is 19.0 Å². The molecule has 4 aromatic rings. The zero-order valence-corrected chi connectivity index (χ0v) is 26.2. The average Bonchev–Trinajstić information content (AvgIpc) is 3.01. The Labute approximate surface area is 259 Å². The van der Waals surface area contributed by atoms with Gasteiger partial charge < -0.3 is 25.4 Å². The zero-order chi connectivity index (χ0) is 31.3. The molecule has 0 unspecified atom stereocenters. The van der Waals surface area contributed by atoms with Crippen molar-refractivity contribution in [2.45, 2.75) is 46.1 Å². The van der Waals surface area contributed by atoms with E-state index in [2.05, 4.69) is 64.6 Å². The molecule has 0 atom stereocenters. The van der Waals surface area contributed by atoms with E-state index in [1.165, 1.54) is 7.11 Å². The van der Waals surface area contributed by atoms with Gasteiger partial charge in [0.05, 0.1) is 43.0 Å². The Hall–Kier alpha value is -4.47. The predicted molar refractivity (Wildman–Crippen MR) is 178 cm³/mol. The number of nitrogens with zero attached hydrogens (tertiary/aromatic N) is 2. The first-order chi connectivity index (χ1) is 21.2. The monoisotopic (exact) mass is 596 g/mol. The van der Waals surface area contributed by atoms with Crippen LogP contribution in [0.3, 0.4) is 0 Å². The van der Waals surface area contributed by atoms with Crippen LogP contribution in [0.4, 0.5) is 21.9 Å².